The van der Waals surface area contributed by atoms with E-state index >= 15 is 0 Å². The zero-order valence-electron chi connectivity index (χ0n) is 30.2. The minimum Gasteiger partial charge on any atom is -0.478 e. The number of fused-ring (bicyclic) bond motifs is 1. The van der Waals surface area contributed by atoms with Gasteiger partial charge in [-0.05, 0) is 107 Å². The number of aromatic amines is 1. The summed E-state index contributed by atoms with van der Waals surface area (Å²) in [7, 11) is 0. The van der Waals surface area contributed by atoms with Gasteiger partial charge in [-0.3, -0.25) is 9.69 Å². The summed E-state index contributed by atoms with van der Waals surface area (Å²) in [6.45, 7) is 14.3. The fourth-order valence-corrected chi connectivity index (χ4v) is 6.92. The number of hydrogen-bond acceptors (Lipinski definition) is 8. The SMILES string of the molecule is CCOC(=O)C1CCNCC1.O=C(O)c1ccc2[nH]cc(CCCCN3CCN(c4ccccc4)CC3)c2c1.c1ccc(N2CCNCC2)cc1. The van der Waals surface area contributed by atoms with Crippen LogP contribution in [0.25, 0.3) is 10.9 Å². The quantitative estimate of drug-likeness (QED) is 0.123. The molecule has 4 aromatic rings. The Morgan fingerprint density at radius 2 is 1.37 bits per heavy atom. The highest BCUT2D eigenvalue weighted by Crippen LogP contribution is 2.22. The van der Waals surface area contributed by atoms with Crippen LogP contribution >= 0.6 is 0 Å². The van der Waals surface area contributed by atoms with E-state index in [1.54, 1.807) is 12.1 Å². The predicted molar refractivity (Wildman–Crippen MR) is 207 cm³/mol. The number of nitrogens with one attached hydrogen (secondary N) is 3. The van der Waals surface area contributed by atoms with Crippen LogP contribution in [0.5, 0.6) is 0 Å². The van der Waals surface area contributed by atoms with E-state index in [2.05, 4.69) is 91.0 Å². The third-order valence-corrected chi connectivity index (χ3v) is 9.88. The van der Waals surface area contributed by atoms with E-state index < -0.39 is 5.97 Å². The lowest BCUT2D eigenvalue weighted by Gasteiger charge is -2.36. The number of benzene rings is 3. The molecule has 0 unspecified atom stereocenters. The second-order valence-corrected chi connectivity index (χ2v) is 13.3. The van der Waals surface area contributed by atoms with Crippen LogP contribution in [0.1, 0.15) is 48.5 Å². The van der Waals surface area contributed by atoms with Gasteiger partial charge in [0.1, 0.15) is 0 Å². The maximum absolute atomic E-state index is 11.2. The Bertz CT molecular complexity index is 1590. The maximum Gasteiger partial charge on any atom is 0.335 e. The molecule has 3 aliphatic rings. The van der Waals surface area contributed by atoms with Crippen molar-refractivity contribution < 1.29 is 19.4 Å². The summed E-state index contributed by atoms with van der Waals surface area (Å²) in [6, 6.07) is 26.5. The molecule has 3 saturated heterocycles. The van der Waals surface area contributed by atoms with E-state index in [1.165, 1.54) is 16.9 Å². The number of H-pyrrole nitrogens is 1. The normalized spacial score (nSPS) is 16.8. The number of carbonyl (C=O) groups is 2. The number of para-hydroxylation sites is 2. The second kappa shape index (κ2) is 20.5. The van der Waals surface area contributed by atoms with E-state index in [0.29, 0.717) is 12.2 Å². The molecule has 0 radical (unpaired) electrons. The van der Waals surface area contributed by atoms with E-state index in [0.717, 1.165) is 115 Å². The molecule has 4 N–H and O–H groups in total. The van der Waals surface area contributed by atoms with Gasteiger partial charge >= 0.3 is 11.9 Å². The van der Waals surface area contributed by atoms with Crippen molar-refractivity contribution in [1.29, 1.82) is 0 Å². The van der Waals surface area contributed by atoms with Crippen LogP contribution in [-0.4, -0.2) is 106 Å². The molecule has 274 valence electrons. The Kier molecular flexibility index (Phi) is 15.2. The van der Waals surface area contributed by atoms with Crippen molar-refractivity contribution in [3.8, 4) is 0 Å². The van der Waals surface area contributed by atoms with Crippen LogP contribution < -0.4 is 20.4 Å². The van der Waals surface area contributed by atoms with Gasteiger partial charge < -0.3 is 35.3 Å². The fraction of sp³-hybridized carbons (Fsp3) is 0.463. The van der Waals surface area contributed by atoms with Crippen molar-refractivity contribution in [1.82, 2.24) is 20.5 Å². The van der Waals surface area contributed by atoms with Crippen molar-refractivity contribution in [2.45, 2.75) is 39.0 Å². The summed E-state index contributed by atoms with van der Waals surface area (Å²) < 4.78 is 4.91. The van der Waals surface area contributed by atoms with E-state index in [1.807, 2.05) is 19.2 Å². The lowest BCUT2D eigenvalue weighted by molar-refractivity contribution is -0.148. The summed E-state index contributed by atoms with van der Waals surface area (Å²) in [5, 5.41) is 16.8. The molecule has 3 aromatic carbocycles. The third-order valence-electron chi connectivity index (χ3n) is 9.88. The number of carbonyl (C=O) groups excluding carboxylic acids is 1. The Morgan fingerprint density at radius 3 is 1.98 bits per heavy atom. The number of unbranched alkanes of at least 4 members (excludes halogenated alkanes) is 1. The highest BCUT2D eigenvalue weighted by atomic mass is 16.5. The van der Waals surface area contributed by atoms with Crippen LogP contribution in [0.2, 0.25) is 0 Å². The first kappa shape index (κ1) is 37.9. The number of carboxylic acids is 1. The first-order valence-corrected chi connectivity index (χ1v) is 18.8. The average Bonchev–Trinajstić information content (AvgIpc) is 3.61. The number of hydrogen-bond donors (Lipinski definition) is 4. The molecule has 3 aliphatic heterocycles. The fourth-order valence-electron chi connectivity index (χ4n) is 6.92. The van der Waals surface area contributed by atoms with Gasteiger partial charge in [0.15, 0.2) is 0 Å². The van der Waals surface area contributed by atoms with Gasteiger partial charge in [-0.1, -0.05) is 36.4 Å². The Morgan fingerprint density at radius 1 is 0.765 bits per heavy atom. The number of aromatic nitrogens is 1. The van der Waals surface area contributed by atoms with Crippen LogP contribution in [0.4, 0.5) is 11.4 Å². The Hall–Kier alpha value is -4.38. The first-order chi connectivity index (χ1) is 25.0. The largest absolute Gasteiger partial charge is 0.478 e. The summed E-state index contributed by atoms with van der Waals surface area (Å²) >= 11 is 0. The van der Waals surface area contributed by atoms with Gasteiger partial charge in [0.25, 0.3) is 0 Å². The van der Waals surface area contributed by atoms with Gasteiger partial charge in [-0.15, -0.1) is 0 Å². The van der Waals surface area contributed by atoms with E-state index in [4.69, 9.17) is 4.74 Å². The molecular formula is C41H56N6O4. The summed E-state index contributed by atoms with van der Waals surface area (Å²) in [4.78, 5) is 33.0. The van der Waals surface area contributed by atoms with Gasteiger partial charge in [-0.2, -0.15) is 0 Å². The highest BCUT2D eigenvalue weighted by Gasteiger charge is 2.21. The minimum absolute atomic E-state index is 0.0194. The van der Waals surface area contributed by atoms with Crippen molar-refractivity contribution in [3.63, 3.8) is 0 Å². The number of piperidine rings is 1. The molecule has 0 aliphatic carbocycles. The number of ether oxygens (including phenoxy) is 1. The molecule has 0 saturated carbocycles. The molecular weight excluding hydrogens is 640 g/mol. The van der Waals surface area contributed by atoms with E-state index in [9.17, 15) is 14.7 Å². The number of carboxylic acid groups (broad SMARTS) is 1. The number of nitrogens with zero attached hydrogens (tertiary/aromatic N) is 3. The highest BCUT2D eigenvalue weighted by molar-refractivity contribution is 5.94. The van der Waals surface area contributed by atoms with Crippen molar-refractivity contribution >= 4 is 34.2 Å². The molecule has 3 fully saturated rings. The van der Waals surface area contributed by atoms with Gasteiger partial charge in [0, 0.05) is 80.8 Å². The summed E-state index contributed by atoms with van der Waals surface area (Å²) in [5.74, 6) is -0.742. The minimum atomic E-state index is -0.872. The van der Waals surface area contributed by atoms with Gasteiger partial charge in [-0.25, -0.2) is 4.79 Å². The molecule has 0 atom stereocenters. The van der Waals surface area contributed by atoms with Crippen LogP contribution in [-0.2, 0) is 16.0 Å². The summed E-state index contributed by atoms with van der Waals surface area (Å²) in [6.07, 6.45) is 7.14. The standard InChI is InChI=1S/C23H27N3O2.C10H14N2.C8H15NO2/c27-23(28)18-9-10-22-21(16-18)19(17-24-22)6-4-5-11-25-12-14-26(15-13-25)20-7-2-1-3-8-20;1-2-4-10(5-3-1)12-8-6-11-7-9-12;1-2-11-8(10)7-3-5-9-6-4-7/h1-3,7-10,16-17,24H,4-6,11-15H2,(H,27,28);1-5,11H,6-9H2;7,9H,2-6H2,1H3. The number of piperazine rings is 2. The van der Waals surface area contributed by atoms with Gasteiger partial charge in [0.05, 0.1) is 18.1 Å². The molecule has 10 nitrogen and oxygen atoms in total. The maximum atomic E-state index is 11.2. The lowest BCUT2D eigenvalue weighted by atomic mass is 9.99. The van der Waals surface area contributed by atoms with Crippen LogP contribution in [0, 0.1) is 5.92 Å². The van der Waals surface area contributed by atoms with Crippen molar-refractivity contribution in [2.75, 3.05) is 88.4 Å². The zero-order chi connectivity index (χ0) is 35.7. The van der Waals surface area contributed by atoms with Crippen molar-refractivity contribution in [3.05, 3.63) is 96.2 Å². The monoisotopic (exact) mass is 696 g/mol. The lowest BCUT2D eigenvalue weighted by Crippen LogP contribution is -2.46. The zero-order valence-corrected chi connectivity index (χ0v) is 30.2. The molecule has 1 aromatic heterocycles. The molecule has 0 bridgehead atoms. The summed E-state index contributed by atoms with van der Waals surface area (Å²) in [5.41, 5.74) is 5.25. The average molecular weight is 697 g/mol. The third kappa shape index (κ3) is 11.8. The van der Waals surface area contributed by atoms with E-state index in [-0.39, 0.29) is 11.9 Å². The Balaban J connectivity index is 0.000000179. The van der Waals surface area contributed by atoms with Gasteiger partial charge in [0.2, 0.25) is 0 Å². The number of aromatic carboxylic acids is 1. The molecule has 4 heterocycles. The predicted octanol–water partition coefficient (Wildman–Crippen LogP) is 5.66. The molecule has 0 spiro atoms. The first-order valence-electron chi connectivity index (χ1n) is 18.8. The van der Waals surface area contributed by atoms with Crippen LogP contribution in [0.3, 0.4) is 0 Å². The van der Waals surface area contributed by atoms with Crippen molar-refractivity contribution in [2.24, 2.45) is 5.92 Å². The second-order valence-electron chi connectivity index (χ2n) is 13.3. The smallest absolute Gasteiger partial charge is 0.335 e. The molecule has 51 heavy (non-hydrogen) atoms. The number of esters is 1. The topological polar surface area (TPSA) is 113 Å². The number of aryl methyl sites for hydroxylation is 1. The molecule has 0 amide bonds. The number of anilines is 2. The van der Waals surface area contributed by atoms with Crippen LogP contribution in [0.15, 0.2) is 85.1 Å². The molecule has 7 rings (SSSR count). The number of rotatable bonds is 10. The Labute approximate surface area is 303 Å². The molecule has 10 heteroatoms.